The van der Waals surface area contributed by atoms with Crippen molar-refractivity contribution in [1.82, 2.24) is 9.97 Å². The van der Waals surface area contributed by atoms with Crippen LogP contribution < -0.4 is 15.4 Å². The number of benzene rings is 2. The van der Waals surface area contributed by atoms with Crippen LogP contribution in [0.15, 0.2) is 48.5 Å². The number of carbonyl (C=O) groups is 1. The second-order valence-corrected chi connectivity index (χ2v) is 6.00. The van der Waals surface area contributed by atoms with E-state index in [0.717, 1.165) is 23.4 Å². The number of carbonyl (C=O) groups excluding carboxylic acids is 1. The molecule has 2 aromatic carbocycles. The minimum Gasteiger partial charge on any atom is -0.497 e. The van der Waals surface area contributed by atoms with Crippen LogP contribution in [0.25, 0.3) is 0 Å². The first-order chi connectivity index (χ1) is 13.4. The van der Waals surface area contributed by atoms with Gasteiger partial charge in [0.25, 0.3) is 5.91 Å². The van der Waals surface area contributed by atoms with Crippen LogP contribution in [-0.2, 0) is 6.54 Å². The molecule has 0 atom stereocenters. The average Bonchev–Trinajstić information content (AvgIpc) is 2.69. The van der Waals surface area contributed by atoms with E-state index in [9.17, 15) is 13.6 Å². The lowest BCUT2D eigenvalue weighted by molar-refractivity contribution is 0.102. The summed E-state index contributed by atoms with van der Waals surface area (Å²) in [5.74, 6) is -1.54. The van der Waals surface area contributed by atoms with Crippen molar-refractivity contribution in [2.45, 2.75) is 13.5 Å². The molecule has 0 aliphatic carbocycles. The van der Waals surface area contributed by atoms with E-state index in [1.54, 1.807) is 14.0 Å². The Morgan fingerprint density at radius 1 is 1.04 bits per heavy atom. The van der Waals surface area contributed by atoms with Gasteiger partial charge in [0.1, 0.15) is 11.4 Å². The standard InChI is InChI=1S/C20H18F2N4O2/c1-12-9-18(19(27)25-14-5-8-16(21)17(22)10-14)26-20(24-12)23-11-13-3-6-15(28-2)7-4-13/h3-10H,11H2,1-2H3,(H,25,27)(H,23,24,26). The van der Waals surface area contributed by atoms with Crippen molar-refractivity contribution in [3.8, 4) is 5.75 Å². The number of nitrogens with zero attached hydrogens (tertiary/aromatic N) is 2. The molecule has 0 aliphatic heterocycles. The van der Waals surface area contributed by atoms with E-state index in [1.807, 2.05) is 24.3 Å². The lowest BCUT2D eigenvalue weighted by atomic mass is 10.2. The van der Waals surface area contributed by atoms with Crippen LogP contribution in [0.1, 0.15) is 21.7 Å². The maximum Gasteiger partial charge on any atom is 0.274 e. The molecule has 1 amide bonds. The Labute approximate surface area is 160 Å². The van der Waals surface area contributed by atoms with Crippen molar-refractivity contribution >= 4 is 17.5 Å². The third-order valence-electron chi connectivity index (χ3n) is 3.87. The first-order valence-electron chi connectivity index (χ1n) is 8.43. The van der Waals surface area contributed by atoms with E-state index in [-0.39, 0.29) is 17.3 Å². The lowest BCUT2D eigenvalue weighted by Gasteiger charge is -2.09. The SMILES string of the molecule is COc1ccc(CNc2nc(C)cc(C(=O)Nc3ccc(F)c(F)c3)n2)cc1. The van der Waals surface area contributed by atoms with Gasteiger partial charge in [-0.3, -0.25) is 4.79 Å². The number of nitrogens with one attached hydrogen (secondary N) is 2. The maximum absolute atomic E-state index is 13.3. The Morgan fingerprint density at radius 3 is 2.46 bits per heavy atom. The van der Waals surface area contributed by atoms with Gasteiger partial charge in [0, 0.05) is 24.0 Å². The summed E-state index contributed by atoms with van der Waals surface area (Å²) in [6.07, 6.45) is 0. The number of anilines is 2. The second kappa shape index (κ2) is 8.43. The average molecular weight is 384 g/mol. The fourth-order valence-electron chi connectivity index (χ4n) is 2.46. The smallest absolute Gasteiger partial charge is 0.274 e. The Morgan fingerprint density at radius 2 is 1.79 bits per heavy atom. The summed E-state index contributed by atoms with van der Waals surface area (Å²) in [5.41, 5.74) is 1.81. The predicted octanol–water partition coefficient (Wildman–Crippen LogP) is 3.94. The highest BCUT2D eigenvalue weighted by Gasteiger charge is 2.12. The van der Waals surface area contributed by atoms with E-state index < -0.39 is 17.5 Å². The quantitative estimate of drug-likeness (QED) is 0.673. The number of ether oxygens (including phenoxy) is 1. The number of hydrogen-bond donors (Lipinski definition) is 2. The van der Waals surface area contributed by atoms with E-state index in [0.29, 0.717) is 12.2 Å². The zero-order valence-corrected chi connectivity index (χ0v) is 15.3. The molecule has 3 rings (SSSR count). The number of methoxy groups -OCH3 is 1. The summed E-state index contributed by atoms with van der Waals surface area (Å²) in [6, 6.07) is 12.1. The molecule has 144 valence electrons. The van der Waals surface area contributed by atoms with Crippen LogP contribution in [0, 0.1) is 18.6 Å². The molecule has 1 aromatic heterocycles. The lowest BCUT2D eigenvalue weighted by Crippen LogP contribution is -2.16. The fourth-order valence-corrected chi connectivity index (χ4v) is 2.46. The van der Waals surface area contributed by atoms with Gasteiger partial charge in [0.05, 0.1) is 7.11 Å². The largest absolute Gasteiger partial charge is 0.497 e. The molecular formula is C20H18F2N4O2. The molecule has 1 heterocycles. The van der Waals surface area contributed by atoms with Gasteiger partial charge in [-0.2, -0.15) is 0 Å². The van der Waals surface area contributed by atoms with Gasteiger partial charge in [-0.1, -0.05) is 12.1 Å². The van der Waals surface area contributed by atoms with Crippen LogP contribution in [0.2, 0.25) is 0 Å². The molecule has 0 fully saturated rings. The predicted molar refractivity (Wildman–Crippen MR) is 101 cm³/mol. The van der Waals surface area contributed by atoms with Crippen molar-refractivity contribution in [2.75, 3.05) is 17.7 Å². The van der Waals surface area contributed by atoms with Gasteiger partial charge in [-0.25, -0.2) is 18.7 Å². The Balaban J connectivity index is 1.70. The summed E-state index contributed by atoms with van der Waals surface area (Å²) in [5, 5.41) is 5.55. The van der Waals surface area contributed by atoms with E-state index in [4.69, 9.17) is 4.74 Å². The van der Waals surface area contributed by atoms with Crippen molar-refractivity contribution < 1.29 is 18.3 Å². The van der Waals surface area contributed by atoms with Gasteiger partial charge in [-0.05, 0) is 42.8 Å². The molecule has 0 aliphatic rings. The van der Waals surface area contributed by atoms with Gasteiger partial charge in [0.2, 0.25) is 5.95 Å². The van der Waals surface area contributed by atoms with Crippen LogP contribution in [0.4, 0.5) is 20.4 Å². The van der Waals surface area contributed by atoms with Crippen LogP contribution in [0.3, 0.4) is 0 Å². The molecule has 2 N–H and O–H groups in total. The normalized spacial score (nSPS) is 10.4. The van der Waals surface area contributed by atoms with E-state index >= 15 is 0 Å². The zero-order valence-electron chi connectivity index (χ0n) is 15.3. The molecule has 0 bridgehead atoms. The van der Waals surface area contributed by atoms with E-state index in [2.05, 4.69) is 20.6 Å². The Bertz CT molecular complexity index is 994. The molecule has 0 saturated carbocycles. The number of aromatic nitrogens is 2. The molecule has 0 spiro atoms. The second-order valence-electron chi connectivity index (χ2n) is 6.00. The summed E-state index contributed by atoms with van der Waals surface area (Å²) in [7, 11) is 1.60. The molecule has 8 heteroatoms. The highest BCUT2D eigenvalue weighted by atomic mass is 19.2. The maximum atomic E-state index is 13.3. The van der Waals surface area contributed by atoms with E-state index in [1.165, 1.54) is 12.1 Å². The third kappa shape index (κ3) is 4.79. The molecular weight excluding hydrogens is 366 g/mol. The molecule has 0 radical (unpaired) electrons. The molecule has 0 unspecified atom stereocenters. The van der Waals surface area contributed by atoms with Gasteiger partial charge in [0.15, 0.2) is 11.6 Å². The number of aryl methyl sites for hydroxylation is 1. The van der Waals surface area contributed by atoms with Crippen molar-refractivity contribution in [2.24, 2.45) is 0 Å². The van der Waals surface area contributed by atoms with Gasteiger partial charge in [-0.15, -0.1) is 0 Å². The van der Waals surface area contributed by atoms with Crippen molar-refractivity contribution in [1.29, 1.82) is 0 Å². The number of hydrogen-bond acceptors (Lipinski definition) is 5. The number of amides is 1. The highest BCUT2D eigenvalue weighted by Crippen LogP contribution is 2.16. The summed E-state index contributed by atoms with van der Waals surface area (Å²) in [4.78, 5) is 20.9. The molecule has 28 heavy (non-hydrogen) atoms. The monoisotopic (exact) mass is 384 g/mol. The minimum absolute atomic E-state index is 0.106. The third-order valence-corrected chi connectivity index (χ3v) is 3.87. The highest BCUT2D eigenvalue weighted by molar-refractivity contribution is 6.03. The molecule has 3 aromatic rings. The first kappa shape index (κ1) is 19.2. The molecule has 0 saturated heterocycles. The molecule has 6 nitrogen and oxygen atoms in total. The summed E-state index contributed by atoms with van der Waals surface area (Å²) >= 11 is 0. The Hall–Kier alpha value is -3.55. The first-order valence-corrected chi connectivity index (χ1v) is 8.43. The van der Waals surface area contributed by atoms with Crippen LogP contribution >= 0.6 is 0 Å². The topological polar surface area (TPSA) is 76.1 Å². The summed E-state index contributed by atoms with van der Waals surface area (Å²) < 4.78 is 31.4. The van der Waals surface area contributed by atoms with Gasteiger partial charge >= 0.3 is 0 Å². The zero-order chi connectivity index (χ0) is 20.1. The van der Waals surface area contributed by atoms with Crippen molar-refractivity contribution in [3.05, 3.63) is 77.1 Å². The number of rotatable bonds is 6. The summed E-state index contributed by atoms with van der Waals surface area (Å²) in [6.45, 7) is 2.19. The fraction of sp³-hybridized carbons (Fsp3) is 0.150. The van der Waals surface area contributed by atoms with Crippen LogP contribution in [-0.4, -0.2) is 23.0 Å². The van der Waals surface area contributed by atoms with Crippen molar-refractivity contribution in [3.63, 3.8) is 0 Å². The van der Waals surface area contributed by atoms with Crippen LogP contribution in [0.5, 0.6) is 5.75 Å². The minimum atomic E-state index is -1.04. The Kier molecular flexibility index (Phi) is 5.78. The van der Waals surface area contributed by atoms with Gasteiger partial charge < -0.3 is 15.4 Å². The number of halogens is 2.